The van der Waals surface area contributed by atoms with Gasteiger partial charge in [-0.25, -0.2) is 0 Å². The number of phenols is 1. The Morgan fingerprint density at radius 3 is 2.52 bits per heavy atom. The number of benzene rings is 1. The van der Waals surface area contributed by atoms with E-state index < -0.39 is 0 Å². The molecule has 0 bridgehead atoms. The van der Waals surface area contributed by atoms with Gasteiger partial charge in [-0.05, 0) is 42.1 Å². The summed E-state index contributed by atoms with van der Waals surface area (Å²) in [6.45, 7) is 2.47. The van der Waals surface area contributed by atoms with Crippen LogP contribution in [0.25, 0.3) is 0 Å². The van der Waals surface area contributed by atoms with E-state index in [9.17, 15) is 5.11 Å². The van der Waals surface area contributed by atoms with Crippen molar-refractivity contribution < 1.29 is 5.11 Å². The molecule has 1 aromatic heterocycles. The molecule has 0 aliphatic carbocycles. The number of anilines is 2. The predicted molar refractivity (Wildman–Crippen MR) is 81.7 cm³/mol. The lowest BCUT2D eigenvalue weighted by atomic mass is 10.2. The Hall–Kier alpha value is -2.08. The Morgan fingerprint density at radius 2 is 1.81 bits per heavy atom. The van der Waals surface area contributed by atoms with E-state index in [2.05, 4.69) is 25.2 Å². The second kappa shape index (κ2) is 6.13. The average molecular weight is 306 g/mol. The molecule has 0 spiro atoms. The number of phenolic OH excluding ortho intramolecular Hbond substituents is 1. The van der Waals surface area contributed by atoms with Crippen LogP contribution in [0.3, 0.4) is 0 Å². The van der Waals surface area contributed by atoms with Gasteiger partial charge < -0.3 is 15.3 Å². The van der Waals surface area contributed by atoms with E-state index in [1.54, 1.807) is 12.1 Å². The molecular weight excluding hydrogens is 290 g/mol. The minimum atomic E-state index is 0.195. The lowest BCUT2D eigenvalue weighted by Gasteiger charge is -2.15. The Morgan fingerprint density at radius 1 is 1.10 bits per heavy atom. The molecule has 7 heteroatoms. The third kappa shape index (κ3) is 3.52. The number of aromatic hydroxyl groups is 1. The molecule has 110 valence electrons. The standard InChI is InChI=1S/C14H16ClN5O/c15-12-17-13(16-9-10-3-5-11(21)6-4-10)19-14(18-12)20-7-1-2-8-20/h3-6,21H,1-2,7-9H2,(H,16,17,18,19). The van der Waals surface area contributed by atoms with Crippen LogP contribution in [-0.2, 0) is 6.54 Å². The first kappa shape index (κ1) is 13.9. The van der Waals surface area contributed by atoms with Gasteiger partial charge in [0.2, 0.25) is 17.2 Å². The van der Waals surface area contributed by atoms with Crippen molar-refractivity contribution in [1.82, 2.24) is 15.0 Å². The molecule has 1 saturated heterocycles. The second-order valence-electron chi connectivity index (χ2n) is 4.94. The van der Waals surface area contributed by atoms with E-state index in [1.165, 1.54) is 0 Å². The van der Waals surface area contributed by atoms with Crippen LogP contribution < -0.4 is 10.2 Å². The zero-order chi connectivity index (χ0) is 14.7. The van der Waals surface area contributed by atoms with Crippen molar-refractivity contribution in [3.05, 3.63) is 35.1 Å². The molecule has 2 aromatic rings. The van der Waals surface area contributed by atoms with Gasteiger partial charge in [0.1, 0.15) is 5.75 Å². The molecular formula is C14H16ClN5O. The molecule has 3 rings (SSSR count). The van der Waals surface area contributed by atoms with Crippen LogP contribution in [0.4, 0.5) is 11.9 Å². The van der Waals surface area contributed by atoms with Crippen LogP contribution in [0.1, 0.15) is 18.4 Å². The predicted octanol–water partition coefficient (Wildman–Crippen LogP) is 2.44. The highest BCUT2D eigenvalue weighted by molar-refractivity contribution is 6.28. The number of aromatic nitrogens is 3. The van der Waals surface area contributed by atoms with Crippen molar-refractivity contribution in [2.45, 2.75) is 19.4 Å². The molecule has 0 radical (unpaired) electrons. The molecule has 1 fully saturated rings. The van der Waals surface area contributed by atoms with E-state index in [-0.39, 0.29) is 11.0 Å². The van der Waals surface area contributed by atoms with Gasteiger partial charge in [0.25, 0.3) is 0 Å². The largest absolute Gasteiger partial charge is 0.508 e. The minimum Gasteiger partial charge on any atom is -0.508 e. The Labute approximate surface area is 127 Å². The number of halogens is 1. The second-order valence-corrected chi connectivity index (χ2v) is 5.28. The number of rotatable bonds is 4. The van der Waals surface area contributed by atoms with Gasteiger partial charge in [-0.1, -0.05) is 12.1 Å². The van der Waals surface area contributed by atoms with Crippen molar-refractivity contribution in [2.24, 2.45) is 0 Å². The molecule has 0 amide bonds. The van der Waals surface area contributed by atoms with Crippen molar-refractivity contribution >= 4 is 23.5 Å². The van der Waals surface area contributed by atoms with E-state index in [0.717, 1.165) is 31.5 Å². The maximum absolute atomic E-state index is 9.26. The molecule has 2 N–H and O–H groups in total. The third-order valence-electron chi connectivity index (χ3n) is 3.37. The first-order chi connectivity index (χ1) is 10.2. The topological polar surface area (TPSA) is 74.2 Å². The first-order valence-electron chi connectivity index (χ1n) is 6.89. The van der Waals surface area contributed by atoms with Crippen molar-refractivity contribution in [3.63, 3.8) is 0 Å². The normalized spacial score (nSPS) is 14.4. The first-order valence-corrected chi connectivity index (χ1v) is 7.27. The Kier molecular flexibility index (Phi) is 4.06. The number of hydrogen-bond donors (Lipinski definition) is 2. The summed E-state index contributed by atoms with van der Waals surface area (Å²) in [4.78, 5) is 14.8. The van der Waals surface area contributed by atoms with Gasteiger partial charge in [0, 0.05) is 19.6 Å². The highest BCUT2D eigenvalue weighted by atomic mass is 35.5. The number of nitrogens with zero attached hydrogens (tertiary/aromatic N) is 4. The van der Waals surface area contributed by atoms with E-state index in [4.69, 9.17) is 11.6 Å². The van der Waals surface area contributed by atoms with Crippen LogP contribution in [0.15, 0.2) is 24.3 Å². The van der Waals surface area contributed by atoms with Gasteiger partial charge in [0.15, 0.2) is 0 Å². The third-order valence-corrected chi connectivity index (χ3v) is 3.54. The zero-order valence-corrected chi connectivity index (χ0v) is 12.2. The highest BCUT2D eigenvalue weighted by Gasteiger charge is 2.16. The average Bonchev–Trinajstić information content (AvgIpc) is 3.00. The van der Waals surface area contributed by atoms with Crippen molar-refractivity contribution in [3.8, 4) is 5.75 Å². The number of hydrogen-bond acceptors (Lipinski definition) is 6. The summed E-state index contributed by atoms with van der Waals surface area (Å²) in [7, 11) is 0. The summed E-state index contributed by atoms with van der Waals surface area (Å²) in [5.41, 5.74) is 1.02. The Balaban J connectivity index is 1.71. The summed E-state index contributed by atoms with van der Waals surface area (Å²) in [6.07, 6.45) is 2.30. The molecule has 1 aromatic carbocycles. The van der Waals surface area contributed by atoms with Crippen molar-refractivity contribution in [2.75, 3.05) is 23.3 Å². The van der Waals surface area contributed by atoms with Crippen LogP contribution in [0.2, 0.25) is 5.28 Å². The molecule has 21 heavy (non-hydrogen) atoms. The summed E-state index contributed by atoms with van der Waals surface area (Å²) < 4.78 is 0. The monoisotopic (exact) mass is 305 g/mol. The summed E-state index contributed by atoms with van der Waals surface area (Å²) in [6, 6.07) is 6.97. The SMILES string of the molecule is Oc1ccc(CNc2nc(Cl)nc(N3CCCC3)n2)cc1. The maximum atomic E-state index is 9.26. The van der Waals surface area contributed by atoms with Crippen molar-refractivity contribution in [1.29, 1.82) is 0 Å². The van der Waals surface area contributed by atoms with Gasteiger partial charge in [-0.3, -0.25) is 0 Å². The summed E-state index contributed by atoms with van der Waals surface area (Å²) in [5.74, 6) is 1.34. The van der Waals surface area contributed by atoms with Crippen LogP contribution in [0.5, 0.6) is 5.75 Å². The molecule has 1 aliphatic heterocycles. The van der Waals surface area contributed by atoms with Crippen LogP contribution >= 0.6 is 11.6 Å². The van der Waals surface area contributed by atoms with Gasteiger partial charge in [0.05, 0.1) is 0 Å². The van der Waals surface area contributed by atoms with E-state index in [1.807, 2.05) is 12.1 Å². The van der Waals surface area contributed by atoms with Gasteiger partial charge >= 0.3 is 0 Å². The highest BCUT2D eigenvalue weighted by Crippen LogP contribution is 2.19. The fraction of sp³-hybridized carbons (Fsp3) is 0.357. The summed E-state index contributed by atoms with van der Waals surface area (Å²) in [5, 5.41) is 12.6. The fourth-order valence-corrected chi connectivity index (χ4v) is 2.43. The molecule has 1 aliphatic rings. The molecule has 6 nitrogen and oxygen atoms in total. The van der Waals surface area contributed by atoms with Gasteiger partial charge in [-0.15, -0.1) is 0 Å². The molecule has 0 saturated carbocycles. The van der Waals surface area contributed by atoms with E-state index >= 15 is 0 Å². The quantitative estimate of drug-likeness (QED) is 0.904. The zero-order valence-electron chi connectivity index (χ0n) is 11.5. The van der Waals surface area contributed by atoms with Crippen LogP contribution in [0, 0.1) is 0 Å². The van der Waals surface area contributed by atoms with Crippen LogP contribution in [-0.4, -0.2) is 33.1 Å². The summed E-state index contributed by atoms with van der Waals surface area (Å²) >= 11 is 5.97. The van der Waals surface area contributed by atoms with Gasteiger partial charge in [-0.2, -0.15) is 15.0 Å². The molecule has 0 atom stereocenters. The molecule has 2 heterocycles. The molecule has 0 unspecified atom stereocenters. The lowest BCUT2D eigenvalue weighted by molar-refractivity contribution is 0.475. The smallest absolute Gasteiger partial charge is 0.231 e. The number of nitrogens with one attached hydrogen (secondary N) is 1. The maximum Gasteiger partial charge on any atom is 0.231 e. The minimum absolute atomic E-state index is 0.195. The lowest BCUT2D eigenvalue weighted by Crippen LogP contribution is -2.21. The fourth-order valence-electron chi connectivity index (χ4n) is 2.27. The van der Waals surface area contributed by atoms with E-state index in [0.29, 0.717) is 18.4 Å². The Bertz CT molecular complexity index is 613.